The molecule has 1 atom stereocenters. The summed E-state index contributed by atoms with van der Waals surface area (Å²) in [5.41, 5.74) is 0.0829. The third-order valence-corrected chi connectivity index (χ3v) is 3.83. The van der Waals surface area contributed by atoms with Gasteiger partial charge in [0.05, 0.1) is 12.7 Å². The van der Waals surface area contributed by atoms with E-state index in [2.05, 4.69) is 36.4 Å². The Morgan fingerprint density at radius 1 is 1.12 bits per heavy atom. The van der Waals surface area contributed by atoms with Crippen molar-refractivity contribution in [3.8, 4) is 0 Å². The summed E-state index contributed by atoms with van der Waals surface area (Å²) in [7, 11) is 3.51. The second-order valence-electron chi connectivity index (χ2n) is 6.94. The van der Waals surface area contributed by atoms with Crippen molar-refractivity contribution in [1.29, 1.82) is 0 Å². The van der Waals surface area contributed by atoms with Crippen LogP contribution in [0.15, 0.2) is 4.99 Å². The highest BCUT2D eigenvalue weighted by atomic mass is 127. The second kappa shape index (κ2) is 15.7. The molecule has 2 N–H and O–H groups in total. The molecule has 0 rings (SSSR count). The zero-order valence-electron chi connectivity index (χ0n) is 16.8. The number of carbonyl (C=O) groups is 1. The van der Waals surface area contributed by atoms with Crippen molar-refractivity contribution in [3.05, 3.63) is 0 Å². The maximum absolute atomic E-state index is 11.2. The molecule has 0 fully saturated rings. The van der Waals surface area contributed by atoms with Gasteiger partial charge < -0.3 is 20.1 Å². The number of hydrogen-bond donors (Lipinski definition) is 2. The minimum atomic E-state index is -0.0910. The van der Waals surface area contributed by atoms with Gasteiger partial charge in [-0.25, -0.2) is 0 Å². The van der Waals surface area contributed by atoms with Crippen molar-refractivity contribution < 1.29 is 14.3 Å². The number of esters is 1. The van der Waals surface area contributed by atoms with E-state index in [0.29, 0.717) is 13.0 Å². The van der Waals surface area contributed by atoms with E-state index in [1.54, 1.807) is 14.2 Å². The number of methoxy groups -OCH3 is 1. The summed E-state index contributed by atoms with van der Waals surface area (Å²) < 4.78 is 10.4. The molecule has 0 aromatic rings. The molecule has 0 radical (unpaired) electrons. The van der Waals surface area contributed by atoms with Crippen LogP contribution >= 0.6 is 24.0 Å². The van der Waals surface area contributed by atoms with Crippen LogP contribution in [0.25, 0.3) is 0 Å². The Hall–Kier alpha value is -0.570. The quantitative estimate of drug-likeness (QED) is 0.159. The molecule has 6 nitrogen and oxygen atoms in total. The van der Waals surface area contributed by atoms with Crippen molar-refractivity contribution in [2.24, 2.45) is 10.4 Å². The number of halogens is 1. The molecule has 0 aromatic heterocycles. The third kappa shape index (κ3) is 14.3. The van der Waals surface area contributed by atoms with E-state index in [9.17, 15) is 4.79 Å². The van der Waals surface area contributed by atoms with E-state index in [1.807, 2.05) is 6.92 Å². The zero-order valence-corrected chi connectivity index (χ0v) is 19.1. The topological polar surface area (TPSA) is 72.0 Å². The van der Waals surface area contributed by atoms with Crippen LogP contribution in [0.1, 0.15) is 59.8 Å². The lowest BCUT2D eigenvalue weighted by atomic mass is 9.89. The lowest BCUT2D eigenvalue weighted by Gasteiger charge is -2.30. The zero-order chi connectivity index (χ0) is 18.4. The van der Waals surface area contributed by atoms with Gasteiger partial charge in [0.1, 0.15) is 0 Å². The Kier molecular flexibility index (Phi) is 16.7. The average Bonchev–Trinajstić information content (AvgIpc) is 2.51. The van der Waals surface area contributed by atoms with Gasteiger partial charge in [0.15, 0.2) is 5.96 Å². The highest BCUT2D eigenvalue weighted by Gasteiger charge is 2.24. The van der Waals surface area contributed by atoms with Gasteiger partial charge in [0.25, 0.3) is 0 Å². The van der Waals surface area contributed by atoms with Gasteiger partial charge >= 0.3 is 5.97 Å². The number of unbranched alkanes of at least 4 members (excludes halogenated alkanes) is 3. The second-order valence-corrected chi connectivity index (χ2v) is 6.94. The number of nitrogens with zero attached hydrogens (tertiary/aromatic N) is 1. The molecule has 0 aliphatic heterocycles. The largest absolute Gasteiger partial charge is 0.466 e. The fourth-order valence-corrected chi connectivity index (χ4v) is 2.34. The lowest BCUT2D eigenvalue weighted by Crippen LogP contribution is -2.45. The Bertz CT molecular complexity index is 371. The molecule has 0 saturated carbocycles. The summed E-state index contributed by atoms with van der Waals surface area (Å²) in [6.07, 6.45) is 4.73. The van der Waals surface area contributed by atoms with Gasteiger partial charge in [-0.15, -0.1) is 24.0 Å². The standard InChI is InChI=1S/C18H37N3O3.HI/c1-7-24-16(22)12-10-8-9-11-13-20-17(19-5)21-14-15(23-6)18(2,3)4;/h15H,7-14H2,1-6H3,(H2,19,20,21);1H. The molecule has 0 heterocycles. The highest BCUT2D eigenvalue weighted by molar-refractivity contribution is 14.0. The first kappa shape index (κ1) is 26.7. The van der Waals surface area contributed by atoms with Crippen molar-refractivity contribution in [2.45, 2.75) is 65.9 Å². The van der Waals surface area contributed by atoms with Crippen LogP contribution in [0.2, 0.25) is 0 Å². The molecule has 25 heavy (non-hydrogen) atoms. The average molecular weight is 471 g/mol. The first-order chi connectivity index (χ1) is 11.3. The molecule has 0 spiro atoms. The van der Waals surface area contributed by atoms with Crippen LogP contribution in [0.4, 0.5) is 0 Å². The maximum Gasteiger partial charge on any atom is 0.305 e. The molecule has 0 aromatic carbocycles. The Morgan fingerprint density at radius 2 is 1.76 bits per heavy atom. The van der Waals surface area contributed by atoms with Gasteiger partial charge in [0.2, 0.25) is 0 Å². The molecule has 0 aliphatic rings. The minimum Gasteiger partial charge on any atom is -0.466 e. The fourth-order valence-electron chi connectivity index (χ4n) is 2.34. The first-order valence-electron chi connectivity index (χ1n) is 8.98. The van der Waals surface area contributed by atoms with Gasteiger partial charge in [-0.3, -0.25) is 9.79 Å². The molecule has 0 saturated heterocycles. The monoisotopic (exact) mass is 471 g/mol. The maximum atomic E-state index is 11.2. The van der Waals surface area contributed by atoms with Crippen molar-refractivity contribution in [3.63, 3.8) is 0 Å². The van der Waals surface area contributed by atoms with E-state index >= 15 is 0 Å². The first-order valence-corrected chi connectivity index (χ1v) is 8.98. The summed E-state index contributed by atoms with van der Waals surface area (Å²) in [6, 6.07) is 0. The molecule has 150 valence electrons. The number of hydrogen-bond acceptors (Lipinski definition) is 4. The summed E-state index contributed by atoms with van der Waals surface area (Å²) in [5, 5.41) is 6.62. The fraction of sp³-hybridized carbons (Fsp3) is 0.889. The van der Waals surface area contributed by atoms with Crippen LogP contribution in [0, 0.1) is 5.41 Å². The van der Waals surface area contributed by atoms with Crippen molar-refractivity contribution >= 4 is 35.9 Å². The van der Waals surface area contributed by atoms with E-state index < -0.39 is 0 Å². The van der Waals surface area contributed by atoms with E-state index in [4.69, 9.17) is 9.47 Å². The molecular weight excluding hydrogens is 433 g/mol. The summed E-state index contributed by atoms with van der Waals surface area (Å²) in [4.78, 5) is 15.4. The number of guanidine groups is 1. The van der Waals surface area contributed by atoms with E-state index in [1.165, 1.54) is 0 Å². The van der Waals surface area contributed by atoms with Crippen LogP contribution in [-0.2, 0) is 14.3 Å². The van der Waals surface area contributed by atoms with Gasteiger partial charge in [0, 0.05) is 33.7 Å². The van der Waals surface area contributed by atoms with E-state index in [0.717, 1.165) is 44.7 Å². The van der Waals surface area contributed by atoms with Crippen molar-refractivity contribution in [2.75, 3.05) is 33.9 Å². The number of ether oxygens (including phenoxy) is 2. The Morgan fingerprint density at radius 3 is 2.28 bits per heavy atom. The van der Waals surface area contributed by atoms with Crippen LogP contribution in [-0.4, -0.2) is 51.9 Å². The third-order valence-electron chi connectivity index (χ3n) is 3.83. The number of carbonyl (C=O) groups excluding carboxylic acids is 1. The predicted octanol–water partition coefficient (Wildman–Crippen LogP) is 3.34. The lowest BCUT2D eigenvalue weighted by molar-refractivity contribution is -0.143. The number of aliphatic imine (C=N–C) groups is 1. The van der Waals surface area contributed by atoms with Crippen LogP contribution in [0.3, 0.4) is 0 Å². The summed E-state index contributed by atoms with van der Waals surface area (Å²) in [6.45, 7) is 10.4. The Balaban J connectivity index is 0. The predicted molar refractivity (Wildman–Crippen MR) is 115 cm³/mol. The van der Waals surface area contributed by atoms with Gasteiger partial charge in [-0.05, 0) is 25.2 Å². The normalized spacial score (nSPS) is 13.0. The van der Waals surface area contributed by atoms with Crippen LogP contribution in [0.5, 0.6) is 0 Å². The minimum absolute atomic E-state index is 0. The van der Waals surface area contributed by atoms with Gasteiger partial charge in [-0.1, -0.05) is 33.6 Å². The molecule has 0 bridgehead atoms. The summed E-state index contributed by atoms with van der Waals surface area (Å²) in [5.74, 6) is 0.708. The van der Waals surface area contributed by atoms with E-state index in [-0.39, 0.29) is 41.5 Å². The van der Waals surface area contributed by atoms with Crippen molar-refractivity contribution in [1.82, 2.24) is 10.6 Å². The SMILES string of the molecule is CCOC(=O)CCCCCCNC(=NC)NCC(OC)C(C)(C)C.I. The number of rotatable bonds is 11. The smallest absolute Gasteiger partial charge is 0.305 e. The van der Waals surface area contributed by atoms with Gasteiger partial charge in [-0.2, -0.15) is 0 Å². The molecule has 0 aliphatic carbocycles. The van der Waals surface area contributed by atoms with Crippen LogP contribution < -0.4 is 10.6 Å². The molecule has 1 unspecified atom stereocenters. The highest BCUT2D eigenvalue weighted by Crippen LogP contribution is 2.20. The Labute approximate surface area is 170 Å². The molecule has 7 heteroatoms. The molecule has 0 amide bonds. The number of nitrogens with one attached hydrogen (secondary N) is 2. The molecular formula is C18H38IN3O3. The summed E-state index contributed by atoms with van der Waals surface area (Å²) >= 11 is 0.